The molecule has 78 valence electrons. The van der Waals surface area contributed by atoms with Crippen LogP contribution in [-0.2, 0) is 0 Å². The first-order valence-corrected chi connectivity index (χ1v) is 5.88. The molecule has 2 nitrogen and oxygen atoms in total. The number of fused-ring (bicyclic) bond motifs is 1. The maximum absolute atomic E-state index is 6.26. The normalized spacial score (nSPS) is 10.7. The van der Waals surface area contributed by atoms with Crippen molar-refractivity contribution >= 4 is 45.1 Å². The summed E-state index contributed by atoms with van der Waals surface area (Å²) in [6.45, 7) is 1.94. The Morgan fingerprint density at radius 2 is 2.13 bits per heavy atom. The molecule has 4 heteroatoms. The first kappa shape index (κ1) is 11.0. The van der Waals surface area contributed by atoms with Crippen molar-refractivity contribution in [3.8, 4) is 5.75 Å². The molecule has 0 spiro atoms. The molecule has 0 unspecified atom stereocenters. The number of nitrogens with zero attached hydrogens (tertiary/aromatic N) is 1. The lowest BCUT2D eigenvalue weighted by atomic mass is 10.1. The molecule has 0 aliphatic rings. The van der Waals surface area contributed by atoms with E-state index in [0.29, 0.717) is 0 Å². The van der Waals surface area contributed by atoms with Gasteiger partial charge < -0.3 is 4.74 Å². The summed E-state index contributed by atoms with van der Waals surface area (Å²) in [6, 6.07) is 3.89. The molecule has 0 aliphatic carbocycles. The van der Waals surface area contributed by atoms with Crippen LogP contribution in [-0.4, -0.2) is 12.1 Å². The summed E-state index contributed by atoms with van der Waals surface area (Å²) < 4.78 is 6.36. The van der Waals surface area contributed by atoms with E-state index in [1.54, 1.807) is 13.3 Å². The van der Waals surface area contributed by atoms with Crippen LogP contribution in [0.1, 0.15) is 5.56 Å². The van der Waals surface area contributed by atoms with Crippen molar-refractivity contribution in [1.82, 2.24) is 4.98 Å². The van der Waals surface area contributed by atoms with Crippen LogP contribution in [0.25, 0.3) is 10.9 Å². The molecule has 2 rings (SSSR count). The van der Waals surface area contributed by atoms with Crippen molar-refractivity contribution in [2.45, 2.75) is 6.92 Å². The molecule has 0 radical (unpaired) electrons. The van der Waals surface area contributed by atoms with Crippen LogP contribution in [0.3, 0.4) is 0 Å². The maximum Gasteiger partial charge on any atom is 0.129 e. The Bertz CT molecular complexity index is 527. The predicted molar refractivity (Wildman–Crippen MR) is 70.8 cm³/mol. The second kappa shape index (κ2) is 4.14. The lowest BCUT2D eigenvalue weighted by Crippen LogP contribution is -1.91. The number of hydrogen-bond acceptors (Lipinski definition) is 2. The average Bonchev–Trinajstić information content (AvgIpc) is 2.24. The number of hydrogen-bond donors (Lipinski definition) is 0. The Morgan fingerprint density at radius 3 is 2.80 bits per heavy atom. The molecule has 0 N–H and O–H groups in total. The van der Waals surface area contributed by atoms with Gasteiger partial charge in [-0.15, -0.1) is 0 Å². The van der Waals surface area contributed by atoms with Crippen molar-refractivity contribution in [1.29, 1.82) is 0 Å². The summed E-state index contributed by atoms with van der Waals surface area (Å²) in [4.78, 5) is 4.38. The molecule has 1 heterocycles. The van der Waals surface area contributed by atoms with Crippen LogP contribution >= 0.6 is 34.2 Å². The van der Waals surface area contributed by atoms with E-state index in [4.69, 9.17) is 16.3 Å². The summed E-state index contributed by atoms with van der Waals surface area (Å²) in [5.74, 6) is 0.770. The van der Waals surface area contributed by atoms with Crippen LogP contribution in [0.4, 0.5) is 0 Å². The van der Waals surface area contributed by atoms with Gasteiger partial charge in [-0.25, -0.2) is 0 Å². The van der Waals surface area contributed by atoms with E-state index in [-0.39, 0.29) is 0 Å². The van der Waals surface area contributed by atoms with Gasteiger partial charge in [-0.2, -0.15) is 0 Å². The fourth-order valence-electron chi connectivity index (χ4n) is 1.47. The summed E-state index contributed by atoms with van der Waals surface area (Å²) in [6.07, 6.45) is 1.78. The van der Waals surface area contributed by atoms with Crippen LogP contribution < -0.4 is 4.74 Å². The fourth-order valence-corrected chi connectivity index (χ4v) is 2.29. The highest BCUT2D eigenvalue weighted by atomic mass is 127. The number of aryl methyl sites for hydroxylation is 1. The molecular formula is C11H9ClINO. The molecule has 2 aromatic rings. The summed E-state index contributed by atoms with van der Waals surface area (Å²) in [7, 11) is 1.64. The van der Waals surface area contributed by atoms with E-state index >= 15 is 0 Å². The third kappa shape index (κ3) is 1.78. The Hall–Kier alpha value is -0.550. The lowest BCUT2D eigenvalue weighted by Gasteiger charge is -2.09. The maximum atomic E-state index is 6.26. The number of pyridine rings is 1. The second-order valence-corrected chi connectivity index (χ2v) is 4.77. The molecule has 15 heavy (non-hydrogen) atoms. The van der Waals surface area contributed by atoms with Crippen LogP contribution in [0.2, 0.25) is 5.02 Å². The lowest BCUT2D eigenvalue weighted by molar-refractivity contribution is 0.419. The zero-order valence-electron chi connectivity index (χ0n) is 8.34. The quantitative estimate of drug-likeness (QED) is 0.740. The number of methoxy groups -OCH3 is 1. The molecule has 0 fully saturated rings. The minimum absolute atomic E-state index is 0.718. The number of halogens is 2. The van der Waals surface area contributed by atoms with Gasteiger partial charge in [-0.1, -0.05) is 11.6 Å². The summed E-state index contributed by atoms with van der Waals surface area (Å²) >= 11 is 8.50. The van der Waals surface area contributed by atoms with Crippen molar-refractivity contribution in [3.63, 3.8) is 0 Å². The van der Waals surface area contributed by atoms with Gasteiger partial charge >= 0.3 is 0 Å². The Labute approximate surface area is 107 Å². The highest BCUT2D eigenvalue weighted by Crippen LogP contribution is 2.35. The van der Waals surface area contributed by atoms with Gasteiger partial charge in [0, 0.05) is 9.77 Å². The van der Waals surface area contributed by atoms with Crippen molar-refractivity contribution in [2.75, 3.05) is 7.11 Å². The SMILES string of the molecule is COc1ccc(I)c2ncc(C)c(Cl)c12. The molecule has 0 aliphatic heterocycles. The zero-order chi connectivity index (χ0) is 11.0. The van der Waals surface area contributed by atoms with Gasteiger partial charge in [0.15, 0.2) is 0 Å². The highest BCUT2D eigenvalue weighted by molar-refractivity contribution is 14.1. The standard InChI is InChI=1S/C11H9ClINO/c1-6-5-14-11-7(13)3-4-8(15-2)9(11)10(6)12/h3-5H,1-2H3. The minimum atomic E-state index is 0.718. The van der Waals surface area contributed by atoms with E-state index < -0.39 is 0 Å². The van der Waals surface area contributed by atoms with Crippen LogP contribution in [0.15, 0.2) is 18.3 Å². The largest absolute Gasteiger partial charge is 0.496 e. The number of ether oxygens (including phenoxy) is 1. The molecule has 0 atom stereocenters. The topological polar surface area (TPSA) is 22.1 Å². The molecule has 0 saturated carbocycles. The molecule has 0 saturated heterocycles. The van der Waals surface area contributed by atoms with Gasteiger partial charge in [0.25, 0.3) is 0 Å². The van der Waals surface area contributed by atoms with Gasteiger partial charge in [-0.3, -0.25) is 4.98 Å². The Kier molecular flexibility index (Phi) is 3.02. The molecular weight excluding hydrogens is 324 g/mol. The third-order valence-electron chi connectivity index (χ3n) is 2.26. The zero-order valence-corrected chi connectivity index (χ0v) is 11.3. The first-order valence-electron chi connectivity index (χ1n) is 4.42. The second-order valence-electron chi connectivity index (χ2n) is 3.23. The average molecular weight is 334 g/mol. The highest BCUT2D eigenvalue weighted by Gasteiger charge is 2.11. The Morgan fingerprint density at radius 1 is 1.40 bits per heavy atom. The van der Waals surface area contributed by atoms with Gasteiger partial charge in [0.1, 0.15) is 5.75 Å². The van der Waals surface area contributed by atoms with Crippen LogP contribution in [0.5, 0.6) is 5.75 Å². The first-order chi connectivity index (χ1) is 7.15. The molecule has 0 bridgehead atoms. The van der Waals surface area contributed by atoms with E-state index in [1.807, 2.05) is 19.1 Å². The monoisotopic (exact) mass is 333 g/mol. The predicted octanol–water partition coefficient (Wildman–Crippen LogP) is 3.81. The van der Waals surface area contributed by atoms with E-state index in [0.717, 1.165) is 30.8 Å². The third-order valence-corrected chi connectivity index (χ3v) is 3.62. The van der Waals surface area contributed by atoms with Crippen LogP contribution in [0, 0.1) is 10.5 Å². The van der Waals surface area contributed by atoms with E-state index in [1.165, 1.54) is 0 Å². The Balaban J connectivity index is 2.95. The molecule has 1 aromatic heterocycles. The van der Waals surface area contributed by atoms with Gasteiger partial charge in [-0.05, 0) is 47.2 Å². The van der Waals surface area contributed by atoms with Crippen molar-refractivity contribution in [3.05, 3.63) is 32.5 Å². The molecule has 0 amide bonds. The van der Waals surface area contributed by atoms with E-state index in [2.05, 4.69) is 27.6 Å². The van der Waals surface area contributed by atoms with Gasteiger partial charge in [0.2, 0.25) is 0 Å². The summed E-state index contributed by atoms with van der Waals surface area (Å²) in [5, 5.41) is 1.61. The number of rotatable bonds is 1. The number of benzene rings is 1. The number of aromatic nitrogens is 1. The van der Waals surface area contributed by atoms with E-state index in [9.17, 15) is 0 Å². The summed E-state index contributed by atoms with van der Waals surface area (Å²) in [5.41, 5.74) is 1.86. The smallest absolute Gasteiger partial charge is 0.129 e. The van der Waals surface area contributed by atoms with Gasteiger partial charge in [0.05, 0.1) is 23.0 Å². The van der Waals surface area contributed by atoms with Crippen molar-refractivity contribution < 1.29 is 4.74 Å². The van der Waals surface area contributed by atoms with Crippen molar-refractivity contribution in [2.24, 2.45) is 0 Å². The molecule has 1 aromatic carbocycles. The minimum Gasteiger partial charge on any atom is -0.496 e. The fraction of sp³-hybridized carbons (Fsp3) is 0.182.